The highest BCUT2D eigenvalue weighted by molar-refractivity contribution is 5.89. The predicted molar refractivity (Wildman–Crippen MR) is 105 cm³/mol. The van der Waals surface area contributed by atoms with E-state index in [1.165, 1.54) is 31.4 Å². The molecule has 1 amide bonds. The molecule has 2 unspecified atom stereocenters. The zero-order valence-electron chi connectivity index (χ0n) is 17.1. The number of rotatable bonds is 5. The molecule has 1 aliphatic rings. The first kappa shape index (κ1) is 22.5. The van der Waals surface area contributed by atoms with Crippen LogP contribution < -0.4 is 9.47 Å². The van der Waals surface area contributed by atoms with Crippen LogP contribution in [0.15, 0.2) is 42.5 Å². The molecule has 0 fully saturated rings. The van der Waals surface area contributed by atoms with E-state index in [0.717, 1.165) is 17.0 Å². The van der Waals surface area contributed by atoms with Crippen LogP contribution in [-0.4, -0.2) is 35.1 Å². The van der Waals surface area contributed by atoms with E-state index in [1.807, 2.05) is 0 Å². The van der Waals surface area contributed by atoms with E-state index in [4.69, 9.17) is 9.47 Å². The first-order chi connectivity index (χ1) is 14.5. The number of ether oxygens (including phenoxy) is 2. The van der Waals surface area contributed by atoms with Gasteiger partial charge in [0.1, 0.15) is 11.5 Å². The summed E-state index contributed by atoms with van der Waals surface area (Å²) in [6, 6.07) is 7.58. The average molecular weight is 437 g/mol. The molecule has 0 aliphatic carbocycles. The smallest absolute Gasteiger partial charge is 0.416 e. The molecule has 2 atom stereocenters. The fourth-order valence-electron chi connectivity index (χ4n) is 3.51. The lowest BCUT2D eigenvalue weighted by atomic mass is 10.0. The molecule has 0 radical (unpaired) electrons. The Bertz CT molecular complexity index is 989. The van der Waals surface area contributed by atoms with Gasteiger partial charge in [0.15, 0.2) is 12.1 Å². The maximum absolute atomic E-state index is 13.3. The van der Waals surface area contributed by atoms with Gasteiger partial charge in [0.25, 0.3) is 5.91 Å². The second-order valence-electron chi connectivity index (χ2n) is 7.59. The average Bonchev–Trinajstić information content (AvgIpc) is 2.82. The summed E-state index contributed by atoms with van der Waals surface area (Å²) in [5, 5.41) is 9.95. The molecular weight excluding hydrogens is 415 g/mol. The Morgan fingerprint density at radius 2 is 1.94 bits per heavy atom. The number of hydrogen-bond acceptors (Lipinski definition) is 4. The number of nitrogens with zero attached hydrogens (tertiary/aromatic N) is 1. The van der Waals surface area contributed by atoms with Gasteiger partial charge >= 0.3 is 12.1 Å². The molecule has 1 heterocycles. The molecule has 1 N–H and O–H groups in total. The van der Waals surface area contributed by atoms with Crippen molar-refractivity contribution in [1.29, 1.82) is 0 Å². The molecule has 0 aromatic heterocycles. The molecule has 0 spiro atoms. The van der Waals surface area contributed by atoms with Gasteiger partial charge in [0, 0.05) is 18.2 Å². The fourth-order valence-corrected chi connectivity index (χ4v) is 3.51. The third-order valence-electron chi connectivity index (χ3n) is 5.05. The monoisotopic (exact) mass is 437 g/mol. The molecule has 2 aromatic carbocycles. The summed E-state index contributed by atoms with van der Waals surface area (Å²) in [6.07, 6.45) is -5.57. The Morgan fingerprint density at radius 1 is 1.23 bits per heavy atom. The SMILES string of the molecule is COc1ccc2c(c1)OC(C(C)C)C(=O)N(Cc1cccc(C(F)(F)F)c1)C2C(=O)O. The Labute approximate surface area is 177 Å². The van der Waals surface area contributed by atoms with E-state index in [1.54, 1.807) is 19.9 Å². The number of carboxylic acid groups (broad SMARTS) is 1. The van der Waals surface area contributed by atoms with Crippen LogP contribution in [0.2, 0.25) is 0 Å². The summed E-state index contributed by atoms with van der Waals surface area (Å²) in [5.74, 6) is -1.65. The minimum Gasteiger partial charge on any atom is -0.497 e. The van der Waals surface area contributed by atoms with Gasteiger partial charge in [0.05, 0.1) is 12.7 Å². The molecule has 31 heavy (non-hydrogen) atoms. The molecule has 1 aliphatic heterocycles. The fraction of sp³-hybridized carbons (Fsp3) is 0.364. The quantitative estimate of drug-likeness (QED) is 0.756. The van der Waals surface area contributed by atoms with E-state index < -0.39 is 35.8 Å². The zero-order valence-corrected chi connectivity index (χ0v) is 17.1. The van der Waals surface area contributed by atoms with Crippen molar-refractivity contribution in [3.63, 3.8) is 0 Å². The van der Waals surface area contributed by atoms with Crippen molar-refractivity contribution in [2.24, 2.45) is 5.92 Å². The minimum absolute atomic E-state index is 0.161. The van der Waals surface area contributed by atoms with Gasteiger partial charge < -0.3 is 19.5 Å². The summed E-state index contributed by atoms with van der Waals surface area (Å²) < 4.78 is 50.4. The molecule has 166 valence electrons. The second kappa shape index (κ2) is 8.49. The second-order valence-corrected chi connectivity index (χ2v) is 7.59. The predicted octanol–water partition coefficient (Wildman–Crippen LogP) is 4.29. The minimum atomic E-state index is -4.56. The lowest BCUT2D eigenvalue weighted by Crippen LogP contribution is -2.45. The van der Waals surface area contributed by atoms with Crippen molar-refractivity contribution in [2.75, 3.05) is 7.11 Å². The number of fused-ring (bicyclic) bond motifs is 1. The van der Waals surface area contributed by atoms with Gasteiger partial charge in [-0.15, -0.1) is 0 Å². The number of halogens is 3. The molecule has 0 bridgehead atoms. The first-order valence-corrected chi connectivity index (χ1v) is 9.57. The van der Waals surface area contributed by atoms with Crippen LogP contribution in [0, 0.1) is 5.92 Å². The van der Waals surface area contributed by atoms with Crippen molar-refractivity contribution in [3.05, 3.63) is 59.2 Å². The first-order valence-electron chi connectivity index (χ1n) is 9.57. The number of benzene rings is 2. The van der Waals surface area contributed by atoms with E-state index in [2.05, 4.69) is 0 Å². The number of aliphatic carboxylic acids is 1. The Morgan fingerprint density at radius 3 is 2.52 bits per heavy atom. The van der Waals surface area contributed by atoms with Gasteiger partial charge in [-0.2, -0.15) is 13.2 Å². The standard InChI is InChI=1S/C22H22F3NO5/c1-12(2)19-20(27)26(11-13-5-4-6-14(9-13)22(23,24)25)18(21(28)29)16-8-7-15(30-3)10-17(16)31-19/h4-10,12,18-19H,11H2,1-3H3,(H,28,29). The van der Waals surface area contributed by atoms with Crippen molar-refractivity contribution < 1.29 is 37.3 Å². The molecule has 3 rings (SSSR count). The molecule has 9 heteroatoms. The van der Waals surface area contributed by atoms with Crippen LogP contribution in [0.5, 0.6) is 11.5 Å². The number of alkyl halides is 3. The number of amides is 1. The van der Waals surface area contributed by atoms with Crippen molar-refractivity contribution in [3.8, 4) is 11.5 Å². The van der Waals surface area contributed by atoms with Crippen LogP contribution in [0.25, 0.3) is 0 Å². The summed E-state index contributed by atoms with van der Waals surface area (Å²) in [6.45, 7) is 3.16. The Hall–Kier alpha value is -3.23. The zero-order chi connectivity index (χ0) is 22.9. The summed E-state index contributed by atoms with van der Waals surface area (Å²) in [7, 11) is 1.44. The van der Waals surface area contributed by atoms with Gasteiger partial charge in [-0.05, 0) is 35.7 Å². The number of carbonyl (C=O) groups excluding carboxylic acids is 1. The van der Waals surface area contributed by atoms with Crippen molar-refractivity contribution in [2.45, 2.75) is 38.7 Å². The van der Waals surface area contributed by atoms with E-state index in [9.17, 15) is 27.9 Å². The number of carboxylic acids is 1. The van der Waals surface area contributed by atoms with E-state index >= 15 is 0 Å². The lowest BCUT2D eigenvalue weighted by Gasteiger charge is -2.30. The normalized spacial score (nSPS) is 18.9. The van der Waals surface area contributed by atoms with Crippen LogP contribution in [0.3, 0.4) is 0 Å². The molecular formula is C22H22F3NO5. The van der Waals surface area contributed by atoms with Gasteiger partial charge in [-0.3, -0.25) is 4.79 Å². The summed E-state index contributed by atoms with van der Waals surface area (Å²) in [5.41, 5.74) is -0.494. The lowest BCUT2D eigenvalue weighted by molar-refractivity contribution is -0.154. The van der Waals surface area contributed by atoms with Crippen LogP contribution in [-0.2, 0) is 22.3 Å². The highest BCUT2D eigenvalue weighted by Gasteiger charge is 2.42. The number of methoxy groups -OCH3 is 1. The summed E-state index contributed by atoms with van der Waals surface area (Å²) >= 11 is 0. The highest BCUT2D eigenvalue weighted by Crippen LogP contribution is 2.39. The molecule has 0 saturated carbocycles. The number of hydrogen-bond donors (Lipinski definition) is 1. The number of carbonyl (C=O) groups is 2. The molecule has 0 saturated heterocycles. The van der Waals surface area contributed by atoms with Crippen LogP contribution >= 0.6 is 0 Å². The van der Waals surface area contributed by atoms with Gasteiger partial charge in [-0.1, -0.05) is 26.0 Å². The van der Waals surface area contributed by atoms with E-state index in [0.29, 0.717) is 5.75 Å². The maximum atomic E-state index is 13.3. The third-order valence-corrected chi connectivity index (χ3v) is 5.05. The molecule has 6 nitrogen and oxygen atoms in total. The van der Waals surface area contributed by atoms with Gasteiger partial charge in [-0.25, -0.2) is 4.79 Å². The van der Waals surface area contributed by atoms with Crippen molar-refractivity contribution in [1.82, 2.24) is 4.90 Å². The highest BCUT2D eigenvalue weighted by atomic mass is 19.4. The maximum Gasteiger partial charge on any atom is 0.416 e. The Balaban J connectivity index is 2.11. The third kappa shape index (κ3) is 4.60. The van der Waals surface area contributed by atoms with E-state index in [-0.39, 0.29) is 29.3 Å². The largest absolute Gasteiger partial charge is 0.497 e. The Kier molecular flexibility index (Phi) is 6.15. The topological polar surface area (TPSA) is 76.1 Å². The van der Waals surface area contributed by atoms with Gasteiger partial charge in [0.2, 0.25) is 0 Å². The molecule has 2 aromatic rings. The van der Waals surface area contributed by atoms with Crippen molar-refractivity contribution >= 4 is 11.9 Å². The summed E-state index contributed by atoms with van der Waals surface area (Å²) in [4.78, 5) is 26.6. The van der Waals surface area contributed by atoms with Crippen LogP contribution in [0.1, 0.15) is 36.6 Å². The van der Waals surface area contributed by atoms with Crippen LogP contribution in [0.4, 0.5) is 13.2 Å².